The number of rotatable bonds is 5. The molecule has 20 heavy (non-hydrogen) atoms. The normalized spacial score (nSPS) is 22.9. The van der Waals surface area contributed by atoms with E-state index in [1.54, 1.807) is 0 Å². The molecule has 0 radical (unpaired) electrons. The van der Waals surface area contributed by atoms with Gasteiger partial charge in [-0.05, 0) is 18.8 Å². The number of alkyl halides is 1. The first-order valence-corrected chi connectivity index (χ1v) is 9.35. The third-order valence-corrected chi connectivity index (χ3v) is 6.86. The second kappa shape index (κ2) is 6.46. The Bertz CT molecular complexity index is 589. The van der Waals surface area contributed by atoms with E-state index >= 15 is 0 Å². The van der Waals surface area contributed by atoms with Gasteiger partial charge >= 0.3 is 0 Å². The molecule has 1 aromatic heterocycles. The summed E-state index contributed by atoms with van der Waals surface area (Å²) >= 11 is 4.39. The van der Waals surface area contributed by atoms with Crippen molar-refractivity contribution in [2.45, 2.75) is 35.4 Å². The second-order valence-electron chi connectivity index (χ2n) is 4.61. The van der Waals surface area contributed by atoms with Gasteiger partial charge in [-0.3, -0.25) is 4.79 Å². The minimum atomic E-state index is -3.66. The van der Waals surface area contributed by atoms with Crippen molar-refractivity contribution in [1.82, 2.24) is 14.9 Å². The van der Waals surface area contributed by atoms with Crippen molar-refractivity contribution in [2.75, 3.05) is 11.9 Å². The van der Waals surface area contributed by atoms with E-state index in [0.29, 0.717) is 17.3 Å². The Balaban J connectivity index is 1.99. The fourth-order valence-corrected chi connectivity index (χ4v) is 4.88. The molecule has 2 unspecified atom stereocenters. The number of halogens is 1. The number of amides is 1. The molecule has 0 aromatic carbocycles. The number of aromatic nitrogens is 2. The molecule has 1 heterocycles. The molecule has 2 atom stereocenters. The van der Waals surface area contributed by atoms with Crippen LogP contribution in [0.25, 0.3) is 0 Å². The number of sulfonamides is 1. The topological polar surface area (TPSA) is 101 Å². The van der Waals surface area contributed by atoms with E-state index in [0.717, 1.165) is 30.6 Å². The molecule has 1 aliphatic carbocycles. The molecule has 1 fully saturated rings. The van der Waals surface area contributed by atoms with E-state index < -0.39 is 10.0 Å². The van der Waals surface area contributed by atoms with Gasteiger partial charge in [0.25, 0.3) is 10.0 Å². The molecule has 7 nitrogen and oxygen atoms in total. The first kappa shape index (κ1) is 15.8. The molecular formula is C10H15BrN4O3S2. The maximum Gasteiger partial charge on any atom is 0.269 e. The highest BCUT2D eigenvalue weighted by Crippen LogP contribution is 2.31. The summed E-state index contributed by atoms with van der Waals surface area (Å²) in [6.07, 6.45) is 3.18. The molecule has 0 saturated heterocycles. The standard InChI is InChI=1S/C10H15BrN4O3S2/c1-6(16)13-9-14-15-10(19-9)20(17,18)12-5-7-3-2-4-8(7)11/h7-8,12H,2-5H2,1H3,(H,13,14,16). The summed E-state index contributed by atoms with van der Waals surface area (Å²) in [6.45, 7) is 1.71. The third-order valence-electron chi connectivity index (χ3n) is 3.02. The lowest BCUT2D eigenvalue weighted by Gasteiger charge is -2.13. The van der Waals surface area contributed by atoms with E-state index in [-0.39, 0.29) is 15.4 Å². The Hall–Kier alpha value is -0.580. The van der Waals surface area contributed by atoms with Crippen molar-refractivity contribution >= 4 is 48.3 Å². The zero-order valence-corrected chi connectivity index (χ0v) is 14.0. The number of carbonyl (C=O) groups excluding carboxylic acids is 1. The lowest BCUT2D eigenvalue weighted by molar-refractivity contribution is -0.114. The van der Waals surface area contributed by atoms with Gasteiger partial charge in [0.15, 0.2) is 0 Å². The van der Waals surface area contributed by atoms with E-state index in [1.807, 2.05) is 0 Å². The molecule has 112 valence electrons. The highest BCUT2D eigenvalue weighted by Gasteiger charge is 2.28. The van der Waals surface area contributed by atoms with Crippen LogP contribution in [0, 0.1) is 5.92 Å². The molecule has 1 aromatic rings. The summed E-state index contributed by atoms with van der Waals surface area (Å²) < 4.78 is 26.5. The molecule has 1 aliphatic rings. The van der Waals surface area contributed by atoms with Crippen molar-refractivity contribution < 1.29 is 13.2 Å². The average molecular weight is 383 g/mol. The van der Waals surface area contributed by atoms with Gasteiger partial charge in [0, 0.05) is 18.3 Å². The molecular weight excluding hydrogens is 368 g/mol. The van der Waals surface area contributed by atoms with Crippen LogP contribution >= 0.6 is 27.3 Å². The van der Waals surface area contributed by atoms with E-state index in [9.17, 15) is 13.2 Å². The predicted molar refractivity (Wildman–Crippen MR) is 79.5 cm³/mol. The molecule has 1 amide bonds. The van der Waals surface area contributed by atoms with Crippen LogP contribution in [0.3, 0.4) is 0 Å². The summed E-state index contributed by atoms with van der Waals surface area (Å²) in [5.41, 5.74) is 0. The van der Waals surface area contributed by atoms with Gasteiger partial charge in [-0.1, -0.05) is 33.7 Å². The minimum Gasteiger partial charge on any atom is -0.301 e. The molecule has 0 aliphatic heterocycles. The third kappa shape index (κ3) is 3.96. The lowest BCUT2D eigenvalue weighted by Crippen LogP contribution is -2.31. The summed E-state index contributed by atoms with van der Waals surface area (Å²) in [5.74, 6) is -0.0151. The highest BCUT2D eigenvalue weighted by atomic mass is 79.9. The van der Waals surface area contributed by atoms with Crippen LogP contribution in [0.15, 0.2) is 4.34 Å². The highest BCUT2D eigenvalue weighted by molar-refractivity contribution is 9.09. The first-order chi connectivity index (χ1) is 9.38. The Kier molecular flexibility index (Phi) is 5.10. The second-order valence-corrected chi connectivity index (χ2v) is 8.71. The van der Waals surface area contributed by atoms with Crippen LogP contribution in [-0.4, -0.2) is 35.9 Å². The number of hydrogen-bond acceptors (Lipinski definition) is 6. The summed E-state index contributed by atoms with van der Waals surface area (Å²) in [5, 5.41) is 9.81. The van der Waals surface area contributed by atoms with Gasteiger partial charge in [-0.25, -0.2) is 13.1 Å². The number of carbonyl (C=O) groups is 1. The number of hydrogen-bond donors (Lipinski definition) is 2. The predicted octanol–water partition coefficient (Wildman–Crippen LogP) is 1.34. The van der Waals surface area contributed by atoms with Gasteiger partial charge < -0.3 is 5.32 Å². The summed E-state index contributed by atoms with van der Waals surface area (Å²) in [7, 11) is -3.66. The Morgan fingerprint density at radius 2 is 2.20 bits per heavy atom. The molecule has 2 N–H and O–H groups in total. The van der Waals surface area contributed by atoms with Crippen LogP contribution in [0.4, 0.5) is 5.13 Å². The maximum absolute atomic E-state index is 12.1. The van der Waals surface area contributed by atoms with E-state index in [2.05, 4.69) is 36.2 Å². The SMILES string of the molecule is CC(=O)Nc1nnc(S(=O)(=O)NCC2CCCC2Br)s1. The van der Waals surface area contributed by atoms with Crippen LogP contribution in [0.1, 0.15) is 26.2 Å². The van der Waals surface area contributed by atoms with Gasteiger partial charge in [0.05, 0.1) is 0 Å². The van der Waals surface area contributed by atoms with Crippen molar-refractivity contribution in [3.8, 4) is 0 Å². The molecule has 1 saturated carbocycles. The van der Waals surface area contributed by atoms with Crippen LogP contribution in [0.2, 0.25) is 0 Å². The van der Waals surface area contributed by atoms with Gasteiger partial charge in [-0.15, -0.1) is 10.2 Å². The Morgan fingerprint density at radius 1 is 1.45 bits per heavy atom. The number of nitrogens with zero attached hydrogens (tertiary/aromatic N) is 2. The Morgan fingerprint density at radius 3 is 2.80 bits per heavy atom. The van der Waals surface area contributed by atoms with Crippen LogP contribution < -0.4 is 10.0 Å². The van der Waals surface area contributed by atoms with Crippen LogP contribution in [0.5, 0.6) is 0 Å². The van der Waals surface area contributed by atoms with Crippen molar-refractivity contribution in [1.29, 1.82) is 0 Å². The molecule has 0 bridgehead atoms. The Labute approximate surface area is 129 Å². The van der Waals surface area contributed by atoms with E-state index in [4.69, 9.17) is 0 Å². The van der Waals surface area contributed by atoms with Crippen molar-refractivity contribution in [2.24, 2.45) is 5.92 Å². The minimum absolute atomic E-state index is 0.134. The first-order valence-electron chi connectivity index (χ1n) is 6.13. The van der Waals surface area contributed by atoms with Crippen LogP contribution in [-0.2, 0) is 14.8 Å². The largest absolute Gasteiger partial charge is 0.301 e. The smallest absolute Gasteiger partial charge is 0.269 e. The molecule has 10 heteroatoms. The zero-order chi connectivity index (χ0) is 14.8. The quantitative estimate of drug-likeness (QED) is 0.590. The van der Waals surface area contributed by atoms with Gasteiger partial charge in [0.1, 0.15) is 0 Å². The van der Waals surface area contributed by atoms with Crippen molar-refractivity contribution in [3.05, 3.63) is 0 Å². The van der Waals surface area contributed by atoms with Crippen molar-refractivity contribution in [3.63, 3.8) is 0 Å². The van der Waals surface area contributed by atoms with E-state index in [1.165, 1.54) is 6.92 Å². The van der Waals surface area contributed by atoms with Gasteiger partial charge in [0.2, 0.25) is 15.4 Å². The monoisotopic (exact) mass is 382 g/mol. The van der Waals surface area contributed by atoms with Gasteiger partial charge in [-0.2, -0.15) is 0 Å². The maximum atomic E-state index is 12.1. The zero-order valence-electron chi connectivity index (χ0n) is 10.8. The number of anilines is 1. The fourth-order valence-electron chi connectivity index (χ4n) is 2.02. The fraction of sp³-hybridized carbons (Fsp3) is 0.700. The summed E-state index contributed by atoms with van der Waals surface area (Å²) in [6, 6.07) is 0. The number of nitrogens with one attached hydrogen (secondary N) is 2. The lowest BCUT2D eigenvalue weighted by atomic mass is 10.1. The average Bonchev–Trinajstić information content (AvgIpc) is 2.95. The molecule has 2 rings (SSSR count). The summed E-state index contributed by atoms with van der Waals surface area (Å²) in [4.78, 5) is 11.2. The molecule has 0 spiro atoms.